The molecule has 0 spiro atoms. The van der Waals surface area contributed by atoms with Crippen LogP contribution in [0.1, 0.15) is 23.2 Å². The van der Waals surface area contributed by atoms with Gasteiger partial charge in [0.15, 0.2) is 0 Å². The normalized spacial score (nSPS) is 12.0. The second-order valence-electron chi connectivity index (χ2n) is 4.26. The largest absolute Gasteiger partial charge is 0.481 e. The topological polar surface area (TPSA) is 134 Å². The first-order valence-corrected chi connectivity index (χ1v) is 6.02. The third kappa shape index (κ3) is 3.32. The van der Waals surface area contributed by atoms with Crippen LogP contribution in [-0.2, 0) is 9.59 Å². The van der Waals surface area contributed by atoms with Crippen LogP contribution in [0.5, 0.6) is 0 Å². The average molecular weight is 292 g/mol. The fourth-order valence-corrected chi connectivity index (χ4v) is 1.77. The molecule has 0 aromatic carbocycles. The highest BCUT2D eigenvalue weighted by molar-refractivity contribution is 6.02. The standard InChI is InChI=1S/C12H12N4O5/c17-10(18)2-1-8(12(20)21)15-11(19)7-5-14-16-4-3-13-6-9(7)16/h3-6,8H,1-2H2,(H,15,19)(H,17,18)(H,20,21). The number of rotatable bonds is 6. The number of nitrogens with zero attached hydrogens (tertiary/aromatic N) is 3. The zero-order chi connectivity index (χ0) is 15.4. The van der Waals surface area contributed by atoms with Crippen molar-refractivity contribution in [3.8, 4) is 0 Å². The van der Waals surface area contributed by atoms with Gasteiger partial charge in [0.05, 0.1) is 23.5 Å². The van der Waals surface area contributed by atoms with Crippen LogP contribution in [0.2, 0.25) is 0 Å². The lowest BCUT2D eigenvalue weighted by molar-refractivity contribution is -0.140. The Labute approximate surface area is 118 Å². The van der Waals surface area contributed by atoms with Crippen LogP contribution < -0.4 is 5.32 Å². The fourth-order valence-electron chi connectivity index (χ4n) is 1.77. The van der Waals surface area contributed by atoms with Crippen molar-refractivity contribution in [2.75, 3.05) is 0 Å². The van der Waals surface area contributed by atoms with Crippen LogP contribution in [-0.4, -0.2) is 48.7 Å². The molecular formula is C12H12N4O5. The smallest absolute Gasteiger partial charge is 0.326 e. The Balaban J connectivity index is 2.15. The van der Waals surface area contributed by atoms with E-state index in [1.807, 2.05) is 0 Å². The second-order valence-corrected chi connectivity index (χ2v) is 4.26. The minimum absolute atomic E-state index is 0.171. The highest BCUT2D eigenvalue weighted by Gasteiger charge is 2.23. The number of hydrogen-bond donors (Lipinski definition) is 3. The van der Waals surface area contributed by atoms with Crippen LogP contribution in [0.3, 0.4) is 0 Å². The summed E-state index contributed by atoms with van der Waals surface area (Å²) in [4.78, 5) is 37.5. The van der Waals surface area contributed by atoms with Gasteiger partial charge in [-0.2, -0.15) is 5.10 Å². The molecule has 0 aliphatic carbocycles. The number of carbonyl (C=O) groups excluding carboxylic acids is 1. The molecule has 21 heavy (non-hydrogen) atoms. The lowest BCUT2D eigenvalue weighted by atomic mass is 10.1. The zero-order valence-electron chi connectivity index (χ0n) is 10.8. The Morgan fingerprint density at radius 1 is 1.29 bits per heavy atom. The predicted octanol–water partition coefficient (Wildman–Crippen LogP) is -0.223. The molecule has 0 saturated carbocycles. The van der Waals surface area contributed by atoms with Crippen molar-refractivity contribution >= 4 is 23.4 Å². The number of carbonyl (C=O) groups is 3. The summed E-state index contributed by atoms with van der Waals surface area (Å²) in [5.41, 5.74) is 0.599. The third-order valence-corrected chi connectivity index (χ3v) is 2.82. The van der Waals surface area contributed by atoms with Crippen LogP contribution in [0.25, 0.3) is 5.52 Å². The van der Waals surface area contributed by atoms with Crippen LogP contribution >= 0.6 is 0 Å². The van der Waals surface area contributed by atoms with Crippen molar-refractivity contribution in [1.29, 1.82) is 0 Å². The van der Waals surface area contributed by atoms with Crippen molar-refractivity contribution in [3.05, 3.63) is 30.4 Å². The molecule has 0 bridgehead atoms. The number of hydrogen-bond acceptors (Lipinski definition) is 5. The predicted molar refractivity (Wildman–Crippen MR) is 68.7 cm³/mol. The van der Waals surface area contributed by atoms with Gasteiger partial charge in [0.1, 0.15) is 6.04 Å². The molecule has 2 rings (SSSR count). The van der Waals surface area contributed by atoms with Gasteiger partial charge < -0.3 is 15.5 Å². The maximum atomic E-state index is 12.1. The minimum atomic E-state index is -1.29. The van der Waals surface area contributed by atoms with Crippen molar-refractivity contribution in [1.82, 2.24) is 19.9 Å². The first-order chi connectivity index (χ1) is 9.99. The van der Waals surface area contributed by atoms with Gasteiger partial charge in [-0.15, -0.1) is 0 Å². The molecule has 0 aliphatic heterocycles. The summed E-state index contributed by atoms with van der Waals surface area (Å²) in [6.45, 7) is 0. The molecule has 0 aliphatic rings. The lowest BCUT2D eigenvalue weighted by Gasteiger charge is -2.12. The van der Waals surface area contributed by atoms with E-state index < -0.39 is 23.9 Å². The van der Waals surface area contributed by atoms with Gasteiger partial charge in [0.25, 0.3) is 5.91 Å². The molecule has 110 valence electrons. The summed E-state index contributed by atoms with van der Waals surface area (Å²) >= 11 is 0. The highest BCUT2D eigenvalue weighted by atomic mass is 16.4. The van der Waals surface area contributed by atoms with Gasteiger partial charge in [-0.3, -0.25) is 14.6 Å². The third-order valence-electron chi connectivity index (χ3n) is 2.82. The minimum Gasteiger partial charge on any atom is -0.481 e. The molecule has 1 atom stereocenters. The molecule has 2 aromatic rings. The molecule has 3 N–H and O–H groups in total. The summed E-state index contributed by atoms with van der Waals surface area (Å²) in [6, 6.07) is -1.28. The maximum absolute atomic E-state index is 12.1. The number of amides is 1. The van der Waals surface area contributed by atoms with E-state index >= 15 is 0 Å². The molecule has 1 unspecified atom stereocenters. The van der Waals surface area contributed by atoms with Gasteiger partial charge in [0, 0.05) is 18.8 Å². The first kappa shape index (κ1) is 14.4. The van der Waals surface area contributed by atoms with E-state index in [0.717, 1.165) is 0 Å². The van der Waals surface area contributed by atoms with Crippen LogP contribution in [0.15, 0.2) is 24.8 Å². The summed E-state index contributed by atoms with van der Waals surface area (Å²) in [5.74, 6) is -3.06. The van der Waals surface area contributed by atoms with E-state index in [0.29, 0.717) is 5.52 Å². The summed E-state index contributed by atoms with van der Waals surface area (Å²) in [7, 11) is 0. The molecule has 2 heterocycles. The van der Waals surface area contributed by atoms with Gasteiger partial charge >= 0.3 is 11.9 Å². The quantitative estimate of drug-likeness (QED) is 0.669. The SMILES string of the molecule is O=C(O)CCC(NC(=O)c1cnn2ccncc12)C(=O)O. The Morgan fingerprint density at radius 2 is 2.05 bits per heavy atom. The Morgan fingerprint density at radius 3 is 2.71 bits per heavy atom. The van der Waals surface area contributed by atoms with Crippen molar-refractivity contribution in [2.45, 2.75) is 18.9 Å². The average Bonchev–Trinajstić information content (AvgIpc) is 2.86. The number of aliphatic carboxylic acids is 2. The van der Waals surface area contributed by atoms with Crippen LogP contribution in [0.4, 0.5) is 0 Å². The summed E-state index contributed by atoms with van der Waals surface area (Å²) < 4.78 is 1.43. The number of carboxylic acids is 2. The molecule has 2 aromatic heterocycles. The zero-order valence-corrected chi connectivity index (χ0v) is 10.8. The molecule has 0 fully saturated rings. The van der Waals surface area contributed by atoms with Crippen molar-refractivity contribution < 1.29 is 24.6 Å². The Bertz CT molecular complexity index is 696. The lowest BCUT2D eigenvalue weighted by Crippen LogP contribution is -2.41. The Kier molecular flexibility index (Phi) is 4.12. The van der Waals surface area contributed by atoms with Gasteiger partial charge in [-0.1, -0.05) is 0 Å². The van der Waals surface area contributed by atoms with Gasteiger partial charge in [-0.25, -0.2) is 9.31 Å². The van der Waals surface area contributed by atoms with E-state index in [4.69, 9.17) is 10.2 Å². The summed E-state index contributed by atoms with van der Waals surface area (Å²) in [6.07, 6.45) is 5.21. The van der Waals surface area contributed by atoms with E-state index in [1.54, 1.807) is 6.20 Å². The fraction of sp³-hybridized carbons (Fsp3) is 0.250. The van der Waals surface area contributed by atoms with Gasteiger partial charge in [-0.05, 0) is 6.42 Å². The monoisotopic (exact) mass is 292 g/mol. The second kappa shape index (κ2) is 5.99. The summed E-state index contributed by atoms with van der Waals surface area (Å²) in [5, 5.41) is 23.8. The molecule has 0 saturated heterocycles. The number of aromatic nitrogens is 3. The van der Waals surface area contributed by atoms with Crippen molar-refractivity contribution in [3.63, 3.8) is 0 Å². The molecular weight excluding hydrogens is 280 g/mol. The number of carboxylic acid groups (broad SMARTS) is 2. The first-order valence-electron chi connectivity index (χ1n) is 6.02. The van der Waals surface area contributed by atoms with Gasteiger partial charge in [0.2, 0.25) is 0 Å². The molecule has 9 nitrogen and oxygen atoms in total. The maximum Gasteiger partial charge on any atom is 0.326 e. The molecule has 0 radical (unpaired) electrons. The van der Waals surface area contributed by atoms with Crippen molar-refractivity contribution in [2.24, 2.45) is 0 Å². The number of nitrogens with one attached hydrogen (secondary N) is 1. The van der Waals surface area contributed by atoms with Crippen LogP contribution in [0, 0.1) is 0 Å². The van der Waals surface area contributed by atoms with E-state index in [1.165, 1.54) is 23.1 Å². The highest BCUT2D eigenvalue weighted by Crippen LogP contribution is 2.09. The number of fused-ring (bicyclic) bond motifs is 1. The Hall–Kier alpha value is -2.97. The van der Waals surface area contributed by atoms with E-state index in [2.05, 4.69) is 15.4 Å². The molecule has 9 heteroatoms. The molecule has 1 amide bonds. The van der Waals surface area contributed by atoms with E-state index in [9.17, 15) is 14.4 Å². The van der Waals surface area contributed by atoms with E-state index in [-0.39, 0.29) is 18.4 Å².